The third-order valence-corrected chi connectivity index (χ3v) is 0. The summed E-state index contributed by atoms with van der Waals surface area (Å²) in [5.74, 6) is 0. The summed E-state index contributed by atoms with van der Waals surface area (Å²) in [5, 5.41) is 0. The van der Waals surface area contributed by atoms with Crippen molar-refractivity contribution < 1.29 is 28.9 Å². The smallest absolute Gasteiger partial charge is 0.614 e. The molecule has 0 saturated heterocycles. The molecule has 0 aromatic rings. The summed E-state index contributed by atoms with van der Waals surface area (Å²) in [5.41, 5.74) is 0. The first-order chi connectivity index (χ1) is 1.73. The van der Waals surface area contributed by atoms with Crippen LogP contribution in [-0.2, 0) is 36.3 Å². The largest absolute Gasteiger partial charge is 2.00 e. The summed E-state index contributed by atoms with van der Waals surface area (Å²) in [4.78, 5) is 8.85. The second-order valence-electron chi connectivity index (χ2n) is 0.224. The predicted molar refractivity (Wildman–Crippen MR) is 15.0 cm³/mol. The molecule has 0 amide bonds. The minimum atomic E-state index is -2.54. The Morgan fingerprint density at radius 3 is 1.80 bits per heavy atom. The molecular weight excluding hydrogens is 160 g/mol. The van der Waals surface area contributed by atoms with E-state index in [1.165, 1.54) is 0 Å². The molecule has 0 N–H and O–H groups in total. The summed E-state index contributed by atoms with van der Waals surface area (Å²) in [6.45, 7) is 0. The molecule has 0 aliphatic heterocycles. The molecule has 0 bridgehead atoms. The SMILES string of the molecule is O=[P+]([O-])[S-].[Zn+2]. The molecule has 0 heterocycles. The van der Waals surface area contributed by atoms with Gasteiger partial charge >= 0.3 is 19.5 Å². The van der Waals surface area contributed by atoms with Crippen LogP contribution in [0.4, 0.5) is 0 Å². The topological polar surface area (TPSA) is 40.1 Å². The first kappa shape index (κ1) is 9.40. The van der Waals surface area contributed by atoms with Crippen molar-refractivity contribution in [3.8, 4) is 0 Å². The van der Waals surface area contributed by atoms with E-state index in [9.17, 15) is 0 Å². The van der Waals surface area contributed by atoms with E-state index in [2.05, 4.69) is 12.2 Å². The van der Waals surface area contributed by atoms with Crippen molar-refractivity contribution in [3.63, 3.8) is 0 Å². The Balaban J connectivity index is 0. The molecule has 0 aromatic carbocycles. The van der Waals surface area contributed by atoms with E-state index in [1.807, 2.05) is 0 Å². The predicted octanol–water partition coefficient (Wildman–Crippen LogP) is -0.452. The van der Waals surface area contributed by atoms with Crippen molar-refractivity contribution in [3.05, 3.63) is 0 Å². The molecule has 0 aliphatic rings. The van der Waals surface area contributed by atoms with Crippen molar-refractivity contribution in [2.75, 3.05) is 0 Å². The van der Waals surface area contributed by atoms with Crippen LogP contribution in [0.1, 0.15) is 0 Å². The van der Waals surface area contributed by atoms with Gasteiger partial charge in [0.15, 0.2) is 7.23 Å². The normalized spacial score (nSPS) is 8.80. The van der Waals surface area contributed by atoms with Gasteiger partial charge < -0.3 is 17.1 Å². The number of rotatable bonds is 0. The quantitative estimate of drug-likeness (QED) is 0.274. The minimum absolute atomic E-state index is 0. The molecular formula is O2PSZn+. The average Bonchev–Trinajstić information content (AvgIpc) is 0.811. The standard InChI is InChI=1S/HO2PS.Zn/c1-3(2)4;/h(H,1,2,4);/q;+2/p-1. The Labute approximate surface area is 48.7 Å². The van der Waals surface area contributed by atoms with E-state index in [4.69, 9.17) is 9.46 Å². The summed E-state index contributed by atoms with van der Waals surface area (Å²) < 4.78 is 8.85. The van der Waals surface area contributed by atoms with E-state index >= 15 is 0 Å². The molecule has 1 atom stereocenters. The van der Waals surface area contributed by atoms with Crippen LogP contribution in [-0.4, -0.2) is 0 Å². The molecule has 0 rings (SSSR count). The van der Waals surface area contributed by atoms with Crippen LogP contribution in [0.25, 0.3) is 0 Å². The Morgan fingerprint density at radius 2 is 1.80 bits per heavy atom. The van der Waals surface area contributed by atoms with Gasteiger partial charge in [0.2, 0.25) is 0 Å². The zero-order valence-electron chi connectivity index (χ0n) is 2.38. The zero-order valence-corrected chi connectivity index (χ0v) is 7.06. The van der Waals surface area contributed by atoms with Crippen molar-refractivity contribution in [2.45, 2.75) is 0 Å². The fourth-order valence-corrected chi connectivity index (χ4v) is 0. The van der Waals surface area contributed by atoms with Gasteiger partial charge in [0, 0.05) is 0 Å². The van der Waals surface area contributed by atoms with Crippen molar-refractivity contribution in [1.29, 1.82) is 0 Å². The molecule has 0 saturated carbocycles. The molecule has 5 heavy (non-hydrogen) atoms. The van der Waals surface area contributed by atoms with Crippen LogP contribution in [0, 0.1) is 0 Å². The second-order valence-corrected chi connectivity index (χ2v) is 1.57. The van der Waals surface area contributed by atoms with Gasteiger partial charge in [-0.3, -0.25) is 0 Å². The third-order valence-electron chi connectivity index (χ3n) is 0. The van der Waals surface area contributed by atoms with Crippen LogP contribution >= 0.6 is 7.23 Å². The van der Waals surface area contributed by atoms with Gasteiger partial charge in [0.1, 0.15) is 0 Å². The fraction of sp³-hybridized carbons (Fsp3) is 0. The van der Waals surface area contributed by atoms with E-state index in [-0.39, 0.29) is 19.5 Å². The van der Waals surface area contributed by atoms with E-state index in [0.29, 0.717) is 0 Å². The van der Waals surface area contributed by atoms with Gasteiger partial charge in [0.05, 0.1) is 0 Å². The van der Waals surface area contributed by atoms with E-state index < -0.39 is 7.23 Å². The Kier molecular flexibility index (Phi) is 9.46. The monoisotopic (exact) mass is 159 g/mol. The first-order valence-corrected chi connectivity index (χ1v) is 2.74. The summed E-state index contributed by atoms with van der Waals surface area (Å²) in [7, 11) is -2.54. The zero-order chi connectivity index (χ0) is 3.58. The third kappa shape index (κ3) is 43.4. The minimum Gasteiger partial charge on any atom is -0.614 e. The van der Waals surface area contributed by atoms with Gasteiger partial charge in [-0.15, -0.1) is 4.57 Å². The van der Waals surface area contributed by atoms with Crippen molar-refractivity contribution >= 4 is 19.5 Å². The Bertz CT molecular complexity index is 32.6. The molecule has 0 aromatic heterocycles. The first-order valence-electron chi connectivity index (χ1n) is 0.548. The average molecular weight is 160 g/mol. The second kappa shape index (κ2) is 5.03. The van der Waals surface area contributed by atoms with Crippen LogP contribution < -0.4 is 4.89 Å². The van der Waals surface area contributed by atoms with E-state index in [0.717, 1.165) is 0 Å². The molecule has 0 aliphatic carbocycles. The fourth-order valence-electron chi connectivity index (χ4n) is 0. The molecule has 1 unspecified atom stereocenters. The van der Waals surface area contributed by atoms with Crippen LogP contribution in [0.3, 0.4) is 0 Å². The maximum atomic E-state index is 8.85. The van der Waals surface area contributed by atoms with Gasteiger partial charge in [-0.2, -0.15) is 0 Å². The molecule has 2 nitrogen and oxygen atoms in total. The molecule has 0 fully saturated rings. The Hall–Kier alpha value is 1.03. The summed E-state index contributed by atoms with van der Waals surface area (Å²) in [6.07, 6.45) is 0. The number of hydrogen-bond donors (Lipinski definition) is 0. The molecule has 24 valence electrons. The molecule has 5 heteroatoms. The van der Waals surface area contributed by atoms with E-state index in [1.54, 1.807) is 0 Å². The Morgan fingerprint density at radius 1 is 1.80 bits per heavy atom. The van der Waals surface area contributed by atoms with Crippen molar-refractivity contribution in [1.82, 2.24) is 0 Å². The van der Waals surface area contributed by atoms with Gasteiger partial charge in [0.25, 0.3) is 0 Å². The van der Waals surface area contributed by atoms with Crippen molar-refractivity contribution in [2.24, 2.45) is 0 Å². The maximum absolute atomic E-state index is 8.85. The summed E-state index contributed by atoms with van der Waals surface area (Å²) >= 11 is 3.57. The van der Waals surface area contributed by atoms with Gasteiger partial charge in [-0.1, -0.05) is 0 Å². The maximum Gasteiger partial charge on any atom is 2.00 e. The summed E-state index contributed by atoms with van der Waals surface area (Å²) in [6, 6.07) is 0. The number of hydrogen-bond acceptors (Lipinski definition) is 3. The molecule has 0 spiro atoms. The van der Waals surface area contributed by atoms with Crippen LogP contribution in [0.15, 0.2) is 0 Å². The van der Waals surface area contributed by atoms with Gasteiger partial charge in [-0.05, 0) is 0 Å². The molecule has 0 radical (unpaired) electrons. The van der Waals surface area contributed by atoms with Gasteiger partial charge in [-0.25, -0.2) is 0 Å². The van der Waals surface area contributed by atoms with Crippen LogP contribution in [0.2, 0.25) is 0 Å². The van der Waals surface area contributed by atoms with Crippen LogP contribution in [0.5, 0.6) is 0 Å².